The molecule has 0 aromatic heterocycles. The summed E-state index contributed by atoms with van der Waals surface area (Å²) in [6.45, 7) is -0.0205. The van der Waals surface area contributed by atoms with Gasteiger partial charge in [0.2, 0.25) is 5.91 Å². The molecule has 1 amide bonds. The van der Waals surface area contributed by atoms with Crippen molar-refractivity contribution in [3.05, 3.63) is 35.4 Å². The molecule has 1 unspecified atom stereocenters. The van der Waals surface area contributed by atoms with Gasteiger partial charge in [-0.1, -0.05) is 36.0 Å². The zero-order chi connectivity index (χ0) is 15.2. The molecule has 1 saturated heterocycles. The Labute approximate surface area is 124 Å². The quantitative estimate of drug-likeness (QED) is 0.544. The van der Waals surface area contributed by atoms with Gasteiger partial charge in [-0.15, -0.1) is 5.10 Å². The highest BCUT2D eigenvalue weighted by Crippen LogP contribution is 2.22. The predicted octanol–water partition coefficient (Wildman–Crippen LogP) is 0.575. The minimum absolute atomic E-state index is 0.0205. The lowest BCUT2D eigenvalue weighted by Crippen LogP contribution is -2.26. The lowest BCUT2D eigenvalue weighted by atomic mass is 10.2. The van der Waals surface area contributed by atoms with Crippen molar-refractivity contribution in [2.24, 2.45) is 10.2 Å². The van der Waals surface area contributed by atoms with E-state index in [2.05, 4.69) is 15.5 Å². The molecule has 8 heteroatoms. The summed E-state index contributed by atoms with van der Waals surface area (Å²) >= 11 is 1.05. The summed E-state index contributed by atoms with van der Waals surface area (Å²) in [5.41, 5.74) is 1.60. The van der Waals surface area contributed by atoms with Crippen molar-refractivity contribution in [3.63, 3.8) is 0 Å². The number of nitrogens with one attached hydrogen (secondary N) is 1. The number of aliphatic hydroxyl groups excluding tert-OH is 1. The van der Waals surface area contributed by atoms with E-state index in [4.69, 9.17) is 10.2 Å². The van der Waals surface area contributed by atoms with Crippen LogP contribution in [0.15, 0.2) is 34.5 Å². The van der Waals surface area contributed by atoms with Crippen LogP contribution in [0.3, 0.4) is 0 Å². The fourth-order valence-corrected chi connectivity index (χ4v) is 2.52. The molecule has 1 aliphatic rings. The van der Waals surface area contributed by atoms with Crippen LogP contribution >= 0.6 is 11.8 Å². The van der Waals surface area contributed by atoms with E-state index in [-0.39, 0.29) is 24.1 Å². The first kappa shape index (κ1) is 15.2. The van der Waals surface area contributed by atoms with Gasteiger partial charge in [-0.2, -0.15) is 5.10 Å². The van der Waals surface area contributed by atoms with E-state index in [1.54, 1.807) is 24.3 Å². The third kappa shape index (κ3) is 4.40. The summed E-state index contributed by atoms with van der Waals surface area (Å²) in [5.74, 6) is -1.40. The Hall–Kier alpha value is -2.19. The Bertz CT molecular complexity index is 598. The monoisotopic (exact) mass is 307 g/mol. The first-order valence-corrected chi connectivity index (χ1v) is 6.96. The Morgan fingerprint density at radius 1 is 1.38 bits per heavy atom. The first-order chi connectivity index (χ1) is 10.1. The van der Waals surface area contributed by atoms with E-state index in [1.165, 1.54) is 6.21 Å². The first-order valence-electron chi connectivity index (χ1n) is 6.08. The maximum Gasteiger partial charge on any atom is 0.305 e. The standard InChI is InChI=1S/C13H13N3O4S/c17-7-9-3-1-8(2-4-9)6-14-16-13-15-12(20)10(21-13)5-11(18)19/h1-4,6,10,17H,5,7H2,(H,18,19)(H,15,16,20). The predicted molar refractivity (Wildman–Crippen MR) is 79.2 cm³/mol. The van der Waals surface area contributed by atoms with Crippen molar-refractivity contribution < 1.29 is 19.8 Å². The summed E-state index contributed by atoms with van der Waals surface area (Å²) in [6, 6.07) is 7.10. The molecule has 1 aromatic carbocycles. The summed E-state index contributed by atoms with van der Waals surface area (Å²) in [4.78, 5) is 22.1. The second-order valence-corrected chi connectivity index (χ2v) is 5.43. The lowest BCUT2D eigenvalue weighted by molar-refractivity contribution is -0.138. The van der Waals surface area contributed by atoms with E-state index < -0.39 is 11.2 Å². The topological polar surface area (TPSA) is 111 Å². The molecular weight excluding hydrogens is 294 g/mol. The summed E-state index contributed by atoms with van der Waals surface area (Å²) in [5, 5.41) is 27.4. The molecule has 0 spiro atoms. The second kappa shape index (κ2) is 7.00. The largest absolute Gasteiger partial charge is 0.481 e. The number of amidine groups is 1. The smallest absolute Gasteiger partial charge is 0.305 e. The molecule has 7 nitrogen and oxygen atoms in total. The number of aliphatic hydroxyl groups is 1. The molecule has 110 valence electrons. The van der Waals surface area contributed by atoms with Gasteiger partial charge in [0.05, 0.1) is 19.2 Å². The van der Waals surface area contributed by atoms with Crippen molar-refractivity contribution in [1.29, 1.82) is 0 Å². The molecular formula is C13H13N3O4S. The highest BCUT2D eigenvalue weighted by Gasteiger charge is 2.32. The Morgan fingerprint density at radius 2 is 2.10 bits per heavy atom. The number of benzene rings is 1. The van der Waals surface area contributed by atoms with Crippen LogP contribution in [0.2, 0.25) is 0 Å². The fourth-order valence-electron chi connectivity index (χ4n) is 1.60. The Morgan fingerprint density at radius 3 is 2.71 bits per heavy atom. The minimum atomic E-state index is -1.03. The van der Waals surface area contributed by atoms with E-state index in [0.717, 1.165) is 22.9 Å². The average Bonchev–Trinajstić information content (AvgIpc) is 2.79. The zero-order valence-electron chi connectivity index (χ0n) is 10.9. The van der Waals surface area contributed by atoms with E-state index >= 15 is 0 Å². The number of aliphatic carboxylic acids is 1. The molecule has 1 atom stereocenters. The molecule has 0 aliphatic carbocycles. The van der Waals surface area contributed by atoms with E-state index in [9.17, 15) is 9.59 Å². The molecule has 1 aliphatic heterocycles. The van der Waals surface area contributed by atoms with Crippen LogP contribution in [0.5, 0.6) is 0 Å². The number of thioether (sulfide) groups is 1. The summed E-state index contributed by atoms with van der Waals surface area (Å²) in [7, 11) is 0. The van der Waals surface area contributed by atoms with E-state index in [1.807, 2.05) is 0 Å². The summed E-state index contributed by atoms with van der Waals surface area (Å²) in [6.07, 6.45) is 1.26. The fraction of sp³-hybridized carbons (Fsp3) is 0.231. The maximum absolute atomic E-state index is 11.5. The van der Waals surface area contributed by atoms with Gasteiger partial charge in [0.25, 0.3) is 0 Å². The van der Waals surface area contributed by atoms with Gasteiger partial charge < -0.3 is 15.5 Å². The van der Waals surface area contributed by atoms with Gasteiger partial charge in [-0.3, -0.25) is 9.59 Å². The number of rotatable bonds is 5. The molecule has 21 heavy (non-hydrogen) atoms. The van der Waals surface area contributed by atoms with Gasteiger partial charge in [0.15, 0.2) is 5.17 Å². The number of hydrogen-bond donors (Lipinski definition) is 3. The third-order valence-electron chi connectivity index (χ3n) is 2.65. The average molecular weight is 307 g/mol. The second-order valence-electron chi connectivity index (χ2n) is 4.24. The van der Waals surface area contributed by atoms with Gasteiger partial charge in [0.1, 0.15) is 5.25 Å². The van der Waals surface area contributed by atoms with Crippen molar-refractivity contribution in [2.45, 2.75) is 18.3 Å². The van der Waals surface area contributed by atoms with Crippen LogP contribution < -0.4 is 5.32 Å². The third-order valence-corrected chi connectivity index (χ3v) is 3.73. The number of carboxylic acids is 1. The zero-order valence-corrected chi connectivity index (χ0v) is 11.7. The molecule has 1 aromatic rings. The highest BCUT2D eigenvalue weighted by molar-refractivity contribution is 8.15. The van der Waals surface area contributed by atoms with Crippen LogP contribution in [0.1, 0.15) is 17.5 Å². The molecule has 1 fully saturated rings. The van der Waals surface area contributed by atoms with Crippen molar-refractivity contribution >= 4 is 35.0 Å². The number of nitrogens with zero attached hydrogens (tertiary/aromatic N) is 2. The van der Waals surface area contributed by atoms with Gasteiger partial charge in [-0.25, -0.2) is 0 Å². The summed E-state index contributed by atoms with van der Waals surface area (Å²) < 4.78 is 0. The van der Waals surface area contributed by atoms with Crippen LogP contribution in [0, 0.1) is 0 Å². The maximum atomic E-state index is 11.5. The molecule has 0 bridgehead atoms. The van der Waals surface area contributed by atoms with Gasteiger partial charge >= 0.3 is 5.97 Å². The number of hydrogen-bond acceptors (Lipinski definition) is 6. The van der Waals surface area contributed by atoms with Crippen LogP contribution in [-0.2, 0) is 16.2 Å². The SMILES string of the molecule is O=C(O)CC1SC(=NN=Cc2ccc(CO)cc2)NC1=O. The minimum Gasteiger partial charge on any atom is -0.481 e. The van der Waals surface area contributed by atoms with Gasteiger partial charge in [-0.05, 0) is 11.1 Å². The van der Waals surface area contributed by atoms with Crippen molar-refractivity contribution in [3.8, 4) is 0 Å². The normalized spacial score (nSPS) is 20.1. The number of carbonyl (C=O) groups is 2. The number of carbonyl (C=O) groups excluding carboxylic acids is 1. The Balaban J connectivity index is 1.96. The Kier molecular flexibility index (Phi) is 5.07. The lowest BCUT2D eigenvalue weighted by Gasteiger charge is -1.97. The number of amides is 1. The molecule has 0 saturated carbocycles. The van der Waals surface area contributed by atoms with Crippen LogP contribution in [-0.4, -0.2) is 38.7 Å². The number of carboxylic acid groups (broad SMARTS) is 1. The van der Waals surface area contributed by atoms with Gasteiger partial charge in [0, 0.05) is 0 Å². The van der Waals surface area contributed by atoms with Crippen LogP contribution in [0.25, 0.3) is 0 Å². The molecule has 3 N–H and O–H groups in total. The van der Waals surface area contributed by atoms with Crippen molar-refractivity contribution in [1.82, 2.24) is 5.32 Å². The molecule has 1 heterocycles. The highest BCUT2D eigenvalue weighted by atomic mass is 32.2. The van der Waals surface area contributed by atoms with E-state index in [0.29, 0.717) is 0 Å². The molecule has 2 rings (SSSR count). The van der Waals surface area contributed by atoms with Crippen molar-refractivity contribution in [2.75, 3.05) is 0 Å². The van der Waals surface area contributed by atoms with Crippen LogP contribution in [0.4, 0.5) is 0 Å². The molecule has 0 radical (unpaired) electrons.